The van der Waals surface area contributed by atoms with Crippen LogP contribution in [0.2, 0.25) is 0 Å². The fraction of sp³-hybridized carbons (Fsp3) is 0.250. The second kappa shape index (κ2) is 13.0. The normalized spacial score (nSPS) is 13.5. The molecule has 0 spiro atoms. The van der Waals surface area contributed by atoms with Gasteiger partial charge in [0.05, 0.1) is 0 Å². The predicted octanol–water partition coefficient (Wildman–Crippen LogP) is 10.6. The molecule has 2 atom stereocenters. The van der Waals surface area contributed by atoms with Crippen LogP contribution >= 0.6 is 7.92 Å². The molecule has 0 saturated heterocycles. The number of hydrogen-bond acceptors (Lipinski definition) is 0. The van der Waals surface area contributed by atoms with Gasteiger partial charge >= 0.3 is 0 Å². The maximum atomic E-state index is 2.39. The zero-order valence-corrected chi connectivity index (χ0v) is 26.4. The lowest BCUT2D eigenvalue weighted by Crippen LogP contribution is -2.18. The van der Waals surface area contributed by atoms with Gasteiger partial charge in [-0.3, -0.25) is 0 Å². The average Bonchev–Trinajstić information content (AvgIpc) is 2.96. The predicted molar refractivity (Wildman–Crippen MR) is 180 cm³/mol. The summed E-state index contributed by atoms with van der Waals surface area (Å²) in [5.74, 6) is 0. The molecule has 0 amide bonds. The van der Waals surface area contributed by atoms with Gasteiger partial charge in [-0.05, 0) is 104 Å². The second-order valence-corrected chi connectivity index (χ2v) is 14.3. The van der Waals surface area contributed by atoms with Crippen molar-refractivity contribution >= 4 is 13.2 Å². The highest BCUT2D eigenvalue weighted by molar-refractivity contribution is 7.66. The van der Waals surface area contributed by atoms with Gasteiger partial charge in [0.15, 0.2) is 0 Å². The van der Waals surface area contributed by atoms with E-state index in [1.54, 1.807) is 0 Å². The SMILES string of the molecule is Cc1cc(C)c(CC(c2ccccc2)P(c2ccccc2)C(Cc2c(C)cc(C)cc2C)c2ccccc2)c(C)c1. The highest BCUT2D eigenvalue weighted by atomic mass is 31.1. The van der Waals surface area contributed by atoms with Gasteiger partial charge in [0.2, 0.25) is 0 Å². The van der Waals surface area contributed by atoms with Crippen molar-refractivity contribution in [3.63, 3.8) is 0 Å². The van der Waals surface area contributed by atoms with Crippen molar-refractivity contribution in [1.82, 2.24) is 0 Å². The van der Waals surface area contributed by atoms with E-state index in [0.717, 1.165) is 12.8 Å². The van der Waals surface area contributed by atoms with E-state index in [4.69, 9.17) is 0 Å². The average molecular weight is 555 g/mol. The molecule has 5 aromatic rings. The Balaban J connectivity index is 1.74. The summed E-state index contributed by atoms with van der Waals surface area (Å²) >= 11 is 0. The minimum absolute atomic E-state index is 0.380. The molecular weight excluding hydrogens is 511 g/mol. The Morgan fingerprint density at radius 1 is 0.439 bits per heavy atom. The van der Waals surface area contributed by atoms with Crippen LogP contribution in [-0.2, 0) is 12.8 Å². The molecule has 1 heteroatoms. The van der Waals surface area contributed by atoms with E-state index in [1.807, 2.05) is 0 Å². The highest BCUT2D eigenvalue weighted by Gasteiger charge is 2.34. The molecule has 0 aliphatic heterocycles. The Morgan fingerprint density at radius 3 is 1.10 bits per heavy atom. The third-order valence-electron chi connectivity index (χ3n) is 8.57. The van der Waals surface area contributed by atoms with Crippen LogP contribution < -0.4 is 5.30 Å². The molecule has 0 aliphatic carbocycles. The second-order valence-electron chi connectivity index (χ2n) is 11.8. The molecule has 208 valence electrons. The molecule has 0 bridgehead atoms. The number of aryl methyl sites for hydroxylation is 6. The third kappa shape index (κ3) is 6.72. The fourth-order valence-corrected chi connectivity index (χ4v) is 10.1. The molecule has 5 aromatic carbocycles. The lowest BCUT2D eigenvalue weighted by molar-refractivity contribution is 0.845. The van der Waals surface area contributed by atoms with Gasteiger partial charge in [-0.15, -0.1) is 0 Å². The molecule has 0 aliphatic rings. The molecule has 5 rings (SSSR count). The lowest BCUT2D eigenvalue weighted by atomic mass is 9.94. The smallest absolute Gasteiger partial charge is 0.0128 e. The van der Waals surface area contributed by atoms with Crippen molar-refractivity contribution in [1.29, 1.82) is 0 Å². The van der Waals surface area contributed by atoms with Crippen LogP contribution in [0, 0.1) is 41.5 Å². The van der Waals surface area contributed by atoms with Crippen molar-refractivity contribution in [2.24, 2.45) is 0 Å². The molecule has 41 heavy (non-hydrogen) atoms. The summed E-state index contributed by atoms with van der Waals surface area (Å²) in [6.07, 6.45) is 2.08. The number of benzene rings is 5. The molecule has 0 N–H and O–H groups in total. The van der Waals surface area contributed by atoms with Crippen molar-refractivity contribution in [3.05, 3.63) is 171 Å². The van der Waals surface area contributed by atoms with Crippen LogP contribution in [-0.4, -0.2) is 0 Å². The summed E-state index contributed by atoms with van der Waals surface area (Å²) in [7, 11) is -0.647. The lowest BCUT2D eigenvalue weighted by Gasteiger charge is -2.37. The summed E-state index contributed by atoms with van der Waals surface area (Å²) in [4.78, 5) is 0. The molecule has 0 saturated carbocycles. The molecule has 0 fully saturated rings. The maximum Gasteiger partial charge on any atom is 0.0128 e. The van der Waals surface area contributed by atoms with Gasteiger partial charge < -0.3 is 0 Å². The minimum Gasteiger partial charge on any atom is -0.0622 e. The summed E-state index contributed by atoms with van der Waals surface area (Å²) in [5.41, 5.74) is 15.0. The quantitative estimate of drug-likeness (QED) is 0.159. The van der Waals surface area contributed by atoms with Gasteiger partial charge in [0.1, 0.15) is 0 Å². The Bertz CT molecular complexity index is 1440. The molecule has 2 unspecified atom stereocenters. The van der Waals surface area contributed by atoms with Gasteiger partial charge in [0.25, 0.3) is 0 Å². The Hall–Kier alpha value is -3.47. The van der Waals surface area contributed by atoms with Gasteiger partial charge in [-0.1, -0.05) is 134 Å². The van der Waals surface area contributed by atoms with E-state index in [0.29, 0.717) is 11.3 Å². The standard InChI is InChI=1S/C40H43P/c1-28-22-30(3)37(31(4)23-28)26-39(34-16-10-7-11-17-34)41(36-20-14-9-15-21-36)40(35-18-12-8-13-19-35)27-38-32(5)24-29(2)25-33(38)6/h7-25,39-40H,26-27H2,1-6H3. The molecule has 0 heterocycles. The van der Waals surface area contributed by atoms with Crippen molar-refractivity contribution in [2.75, 3.05) is 0 Å². The number of hydrogen-bond donors (Lipinski definition) is 0. The minimum atomic E-state index is -0.647. The van der Waals surface area contributed by atoms with Gasteiger partial charge in [-0.25, -0.2) is 0 Å². The monoisotopic (exact) mass is 554 g/mol. The van der Waals surface area contributed by atoms with Crippen LogP contribution in [0.5, 0.6) is 0 Å². The molecule has 0 aromatic heterocycles. The van der Waals surface area contributed by atoms with Crippen LogP contribution in [0.3, 0.4) is 0 Å². The first kappa shape index (κ1) is 29.0. The third-order valence-corrected chi connectivity index (χ3v) is 11.8. The Kier molecular flexibility index (Phi) is 9.22. The first-order valence-electron chi connectivity index (χ1n) is 14.9. The summed E-state index contributed by atoms with van der Waals surface area (Å²) in [5, 5.41) is 1.48. The van der Waals surface area contributed by atoms with Crippen molar-refractivity contribution < 1.29 is 0 Å². The molecule has 0 nitrogen and oxygen atoms in total. The highest BCUT2D eigenvalue weighted by Crippen LogP contribution is 2.63. The van der Waals surface area contributed by atoms with Crippen molar-refractivity contribution in [2.45, 2.75) is 65.7 Å². The molecule has 0 radical (unpaired) electrons. The van der Waals surface area contributed by atoms with E-state index in [1.165, 1.54) is 60.9 Å². The van der Waals surface area contributed by atoms with E-state index in [2.05, 4.69) is 157 Å². The summed E-state index contributed by atoms with van der Waals surface area (Å²) in [6, 6.07) is 43.5. The Labute approximate surface area is 249 Å². The van der Waals surface area contributed by atoms with Gasteiger partial charge in [0, 0.05) is 11.3 Å². The fourth-order valence-electron chi connectivity index (χ4n) is 6.73. The van der Waals surface area contributed by atoms with Crippen molar-refractivity contribution in [3.8, 4) is 0 Å². The summed E-state index contributed by atoms with van der Waals surface area (Å²) < 4.78 is 0. The topological polar surface area (TPSA) is 0 Å². The van der Waals surface area contributed by atoms with E-state index < -0.39 is 7.92 Å². The summed E-state index contributed by atoms with van der Waals surface area (Å²) in [6.45, 7) is 13.6. The Morgan fingerprint density at radius 2 is 0.756 bits per heavy atom. The largest absolute Gasteiger partial charge is 0.0622 e. The zero-order valence-electron chi connectivity index (χ0n) is 25.5. The van der Waals surface area contributed by atoms with E-state index in [9.17, 15) is 0 Å². The van der Waals surface area contributed by atoms with Gasteiger partial charge in [-0.2, -0.15) is 0 Å². The maximum absolute atomic E-state index is 2.39. The zero-order chi connectivity index (χ0) is 28.9. The van der Waals surface area contributed by atoms with E-state index in [-0.39, 0.29) is 0 Å². The van der Waals surface area contributed by atoms with Crippen LogP contribution in [0.4, 0.5) is 0 Å². The van der Waals surface area contributed by atoms with Crippen LogP contribution in [0.1, 0.15) is 67.0 Å². The molecular formula is C40H43P. The van der Waals surface area contributed by atoms with E-state index >= 15 is 0 Å². The first-order valence-corrected chi connectivity index (χ1v) is 16.4. The van der Waals surface area contributed by atoms with Crippen LogP contribution in [0.25, 0.3) is 0 Å². The number of rotatable bonds is 9. The first-order chi connectivity index (χ1) is 19.8. The van der Waals surface area contributed by atoms with Crippen LogP contribution in [0.15, 0.2) is 115 Å².